The number of aromatic nitrogens is 2. The SMILES string of the molecule is C/C1=C2/[N-][C@H]([C@H](CC(N)=O)[C@@]2(C)CCC(=O)N=C[C@@H](C)OP(=O)(O)O[C@H]2[C@@H](O)[C@@H]([n+]3c[n-]c4cc(C)c(C)cc43)O[C@@H]2CO)[C@]2(C)[N-]C(/C(C)=C3\[N-]/C(=C\C4[N-]C1[C@@H](CCC(N)=O)C4(C)C)[C@@H](CCC(N)=O)[C@]3(C)CC(N)=O)[C@@H](CCC(N)=O)[C@]2(C)CC(N)=O.[C-]#Cc1ccc(OC)cc1.[Co]. The molecule has 30 heteroatoms. The van der Waals surface area contributed by atoms with Gasteiger partial charge in [0.2, 0.25) is 41.4 Å². The number of nitrogens with zero attached hydrogens (tertiary/aromatic N) is 7. The number of aliphatic hydroxyl groups excluding tert-OH is 2. The molecule has 0 saturated carbocycles. The van der Waals surface area contributed by atoms with Crippen LogP contribution in [-0.4, -0.2) is 131 Å². The summed E-state index contributed by atoms with van der Waals surface area (Å²) >= 11 is 0. The van der Waals surface area contributed by atoms with Crippen molar-refractivity contribution in [2.75, 3.05) is 13.7 Å². The van der Waals surface area contributed by atoms with E-state index in [-0.39, 0.29) is 87.4 Å². The van der Waals surface area contributed by atoms with Crippen molar-refractivity contribution < 1.29 is 93.1 Å². The average molecular weight is 1460 g/mol. The van der Waals surface area contributed by atoms with E-state index >= 15 is 0 Å². The van der Waals surface area contributed by atoms with Crippen molar-refractivity contribution in [3.8, 4) is 11.7 Å². The number of amides is 7. The Morgan fingerprint density at radius 1 is 0.792 bits per heavy atom. The summed E-state index contributed by atoms with van der Waals surface area (Å²) in [5.74, 6) is -4.11. The molecule has 2 aromatic carbocycles. The molecule has 5 fully saturated rings. The fourth-order valence-corrected chi connectivity index (χ4v) is 17.7. The standard InChI is InChI=1S/C62H90N13O14P.C9H7O.Co/c1-29-20-39-40(21-30(29)2)75(28-70-39)57-52(84)53(41(27-76)87-57)89-90(85,86)88-31(3)26-69-49(83)18-19-59(8)37(22-46(66)80)56-62(11)61(10,25-48(68)82)36(14-17-45(65)79)51(74-62)33(5)55-60(9,24-47(67)81)34(12-15-43(63)77)38(71-55)23-42-58(6,7)35(13-16-44(64)78)50(72-42)32(4)54(59)73-56;1-3-8-4-6-9(10-2)7-5-8;/h20-21,23,26,28,31,34-37,41-42,50-53,56-57,76,84H,12-19,22,24-25,27H2,1-11H3,(H13,63,64,65,66,67,68,77,78,79,80,81,82,85,86);4-7H,2H3;/q-4;-1;/b38-23-,54-32-,55-33-,69-26?;;/t31-,34-,35-,36-,37+,41-,42?,50?,51?,52-,53-,56-,57+,59-,60+,61+,62+;;/m1../s1. The summed E-state index contributed by atoms with van der Waals surface area (Å²) in [7, 11) is -3.50. The van der Waals surface area contributed by atoms with Gasteiger partial charge in [-0.1, -0.05) is 41.5 Å². The summed E-state index contributed by atoms with van der Waals surface area (Å²) in [6, 6.07) is 7.64. The third-order valence-corrected chi connectivity index (χ3v) is 23.4. The van der Waals surface area contributed by atoms with Gasteiger partial charge < -0.3 is 91.2 Å². The zero-order valence-electron chi connectivity index (χ0n) is 59.3. The smallest absolute Gasteiger partial charge is 0.473 e. The average Bonchev–Trinajstić information content (AvgIpc) is 1.53. The van der Waals surface area contributed by atoms with Gasteiger partial charge in [-0.3, -0.25) is 48.5 Å². The number of hydrogen-bond acceptors (Lipinski definition) is 14. The first-order valence-electron chi connectivity index (χ1n) is 33.6. The molecule has 28 nitrogen and oxygen atoms in total. The van der Waals surface area contributed by atoms with E-state index in [1.807, 2.05) is 87.4 Å². The van der Waals surface area contributed by atoms with E-state index in [0.717, 1.165) is 28.7 Å². The summed E-state index contributed by atoms with van der Waals surface area (Å²) < 4.78 is 37.0. The van der Waals surface area contributed by atoms with Gasteiger partial charge in [-0.15, -0.1) is 64.6 Å². The maximum Gasteiger partial charge on any atom is 0.473 e. The maximum atomic E-state index is 14.3. The number of phosphoric ester groups is 1. The molecule has 15 N–H and O–H groups in total. The minimum atomic E-state index is -5.11. The van der Waals surface area contributed by atoms with Gasteiger partial charge in [-0.05, 0) is 141 Å². The van der Waals surface area contributed by atoms with Gasteiger partial charge in [-0.25, -0.2) is 14.5 Å². The molecule has 5 saturated heterocycles. The summed E-state index contributed by atoms with van der Waals surface area (Å²) in [5.41, 5.74) is 36.7. The number of hydrogen-bond donors (Lipinski definition) is 9. The van der Waals surface area contributed by atoms with Crippen molar-refractivity contribution in [3.63, 3.8) is 0 Å². The van der Waals surface area contributed by atoms with Crippen molar-refractivity contribution in [1.82, 2.24) is 4.98 Å². The van der Waals surface area contributed by atoms with Gasteiger partial charge in [0.25, 0.3) is 0 Å². The number of imidazole rings is 1. The van der Waals surface area contributed by atoms with Crippen LogP contribution in [0, 0.1) is 71.5 Å². The van der Waals surface area contributed by atoms with Crippen molar-refractivity contribution >= 4 is 66.4 Å². The number of methoxy groups -OCH3 is 1. The largest absolute Gasteiger partial charge is 0.685 e. The molecule has 4 unspecified atom stereocenters. The molecule has 6 aliphatic heterocycles. The predicted molar refractivity (Wildman–Crippen MR) is 370 cm³/mol. The van der Waals surface area contributed by atoms with Gasteiger partial charge >= 0.3 is 7.82 Å². The van der Waals surface area contributed by atoms with Crippen molar-refractivity contribution in [2.24, 2.45) is 84.7 Å². The number of carbonyl (C=O) groups excluding carboxylic acids is 7. The van der Waals surface area contributed by atoms with E-state index in [1.165, 1.54) is 13.3 Å². The van der Waals surface area contributed by atoms with Gasteiger partial charge in [0.1, 0.15) is 30.2 Å². The van der Waals surface area contributed by atoms with Crippen LogP contribution in [0.3, 0.4) is 0 Å². The molecule has 0 aliphatic carbocycles. The number of phosphoric acid groups is 1. The Bertz CT molecular complexity index is 3890. The zero-order valence-corrected chi connectivity index (χ0v) is 61.2. The molecule has 9 rings (SSSR count). The Morgan fingerprint density at radius 2 is 1.39 bits per heavy atom. The molecule has 18 atom stereocenters. The van der Waals surface area contributed by atoms with E-state index < -0.39 is 161 Å². The first-order chi connectivity index (χ1) is 46.7. The summed E-state index contributed by atoms with van der Waals surface area (Å²) in [5, 5.41) is 44.1. The van der Waals surface area contributed by atoms with Gasteiger partial charge in [0.05, 0.1) is 31.1 Å². The number of carbonyl (C=O) groups is 7. The number of aryl methyl sites for hydroxylation is 2. The topological polar surface area (TPSA) is 477 Å². The number of allylic oxidation sites excluding steroid dienone is 3. The summed E-state index contributed by atoms with van der Waals surface area (Å²) in [6.07, 6.45) is 3.33. The normalized spacial score (nSPS) is 33.7. The Hall–Kier alpha value is -7.33. The third-order valence-electron chi connectivity index (χ3n) is 22.3. The Labute approximate surface area is 600 Å². The number of aliphatic hydroxyl groups is 2. The Kier molecular flexibility index (Phi) is 25.4. The van der Waals surface area contributed by atoms with Gasteiger partial charge in [-0.2, -0.15) is 17.1 Å². The Morgan fingerprint density at radius 3 is 1.96 bits per heavy atom. The van der Waals surface area contributed by atoms with Crippen LogP contribution in [0.15, 0.2) is 82.0 Å². The number of rotatable bonds is 26. The molecule has 8 bridgehead atoms. The molecule has 7 amide bonds. The molecule has 1 radical (unpaired) electrons. The van der Waals surface area contributed by atoms with Crippen LogP contribution < -0.4 is 48.7 Å². The number of benzene rings is 2. The van der Waals surface area contributed by atoms with Crippen LogP contribution in [0.5, 0.6) is 5.75 Å². The number of primary amides is 6. The molecule has 101 heavy (non-hydrogen) atoms. The van der Waals surface area contributed by atoms with Crippen LogP contribution >= 0.6 is 7.82 Å². The first kappa shape index (κ1) is 81.0. The van der Waals surface area contributed by atoms with Crippen LogP contribution in [0.25, 0.3) is 32.3 Å². The molecular weight excluding hydrogens is 1360 g/mol. The number of fused-ring (bicyclic) bond motifs is 10. The second kappa shape index (κ2) is 31.7. The van der Waals surface area contributed by atoms with Crippen LogP contribution in [0.1, 0.15) is 156 Å². The zero-order chi connectivity index (χ0) is 74.1. The second-order valence-electron chi connectivity index (χ2n) is 29.2. The molecule has 555 valence electrons. The Balaban J connectivity index is 0.00000119. The van der Waals surface area contributed by atoms with Crippen molar-refractivity contribution in [2.45, 2.75) is 207 Å². The van der Waals surface area contributed by atoms with Gasteiger partial charge in [0, 0.05) is 67.9 Å². The van der Waals surface area contributed by atoms with E-state index in [4.69, 9.17) is 80.6 Å². The van der Waals surface area contributed by atoms with Crippen LogP contribution in [0.2, 0.25) is 0 Å². The molecule has 0 spiro atoms. The number of nitrogens with two attached hydrogens (primary N) is 6. The minimum absolute atomic E-state index is 0. The third kappa shape index (κ3) is 16.7. The molecule has 7 heterocycles. The molecule has 6 aliphatic rings. The quantitative estimate of drug-likeness (QED) is 0.0146. The predicted octanol–water partition coefficient (Wildman–Crippen LogP) is 6.01. The van der Waals surface area contributed by atoms with E-state index in [9.17, 15) is 53.2 Å². The van der Waals surface area contributed by atoms with Gasteiger partial charge in [0.15, 0.2) is 6.23 Å². The molecule has 3 aromatic rings. The minimum Gasteiger partial charge on any atom is -0.685 e. The molecular formula is C71H97CoN13O15P-5. The van der Waals surface area contributed by atoms with Crippen LogP contribution in [-0.2, 0) is 68.7 Å². The maximum absolute atomic E-state index is 14.3. The number of ether oxygens (including phenoxy) is 2. The second-order valence-corrected chi connectivity index (χ2v) is 30.6. The van der Waals surface area contributed by atoms with E-state index in [0.29, 0.717) is 39.3 Å². The summed E-state index contributed by atoms with van der Waals surface area (Å²) in [4.78, 5) is 113. The summed E-state index contributed by atoms with van der Waals surface area (Å²) in [6.45, 7) is 19.6. The molecule has 1 aromatic heterocycles. The van der Waals surface area contributed by atoms with Crippen molar-refractivity contribution in [3.05, 3.63) is 121 Å². The first-order valence-corrected chi connectivity index (χ1v) is 35.1. The fraction of sp³-hybridized carbons (Fsp3) is 0.592. The van der Waals surface area contributed by atoms with E-state index in [2.05, 4.69) is 15.9 Å². The fourth-order valence-electron chi connectivity index (χ4n) is 16.6. The van der Waals surface area contributed by atoms with Crippen LogP contribution in [0.4, 0.5) is 0 Å². The van der Waals surface area contributed by atoms with E-state index in [1.54, 1.807) is 35.9 Å². The number of aliphatic imine (C=N–C) groups is 1. The monoisotopic (exact) mass is 1460 g/mol. The van der Waals surface area contributed by atoms with Crippen molar-refractivity contribution in [1.29, 1.82) is 0 Å².